The number of unbranched alkanes of at least 4 members (excludes halogenated alkanes) is 6. The normalized spacial score (nSPS) is 29.8. The lowest BCUT2D eigenvalue weighted by Crippen LogP contribution is -2.26. The van der Waals surface area contributed by atoms with E-state index in [0.717, 1.165) is 24.4 Å². The third kappa shape index (κ3) is 9.25. The summed E-state index contributed by atoms with van der Waals surface area (Å²) in [6.45, 7) is 5.70. The van der Waals surface area contributed by atoms with Gasteiger partial charge >= 0.3 is 0 Å². The molecule has 1 heteroatoms. The highest BCUT2D eigenvalue weighted by atomic mass is 16.5. The maximum absolute atomic E-state index is 6.35. The maximum atomic E-state index is 6.35. The van der Waals surface area contributed by atoms with E-state index in [1.165, 1.54) is 116 Å². The molecule has 0 atom stereocenters. The molecule has 26 heavy (non-hydrogen) atoms. The number of rotatable bonds is 13. The van der Waals surface area contributed by atoms with E-state index in [2.05, 4.69) is 13.8 Å². The molecular weight excluding hydrogens is 316 g/mol. The topological polar surface area (TPSA) is 9.23 Å². The highest BCUT2D eigenvalue weighted by molar-refractivity contribution is 4.76. The zero-order chi connectivity index (χ0) is 18.5. The molecule has 0 aromatic rings. The second-order valence-electron chi connectivity index (χ2n) is 9.56. The Balaban J connectivity index is 1.44. The van der Waals surface area contributed by atoms with Gasteiger partial charge in [0.15, 0.2) is 0 Å². The summed E-state index contributed by atoms with van der Waals surface area (Å²) in [6, 6.07) is 0. The number of ether oxygens (including phenoxy) is 1. The smallest absolute Gasteiger partial charge is 0.0575 e. The maximum Gasteiger partial charge on any atom is 0.0575 e. The molecule has 0 N–H and O–H groups in total. The Kier molecular flexibility index (Phi) is 12.0. The summed E-state index contributed by atoms with van der Waals surface area (Å²) in [5, 5.41) is 0. The lowest BCUT2D eigenvalue weighted by atomic mass is 9.80. The van der Waals surface area contributed by atoms with Crippen LogP contribution >= 0.6 is 0 Å². The third-order valence-electron chi connectivity index (χ3n) is 7.24. The molecule has 0 saturated heterocycles. The molecule has 2 rings (SSSR count). The van der Waals surface area contributed by atoms with Gasteiger partial charge in [0.25, 0.3) is 0 Å². The van der Waals surface area contributed by atoms with Crippen molar-refractivity contribution in [1.82, 2.24) is 0 Å². The average Bonchev–Trinajstić information content (AvgIpc) is 2.68. The van der Waals surface area contributed by atoms with E-state index in [1.807, 2.05) is 0 Å². The lowest BCUT2D eigenvalue weighted by molar-refractivity contribution is -0.0104. The Morgan fingerprint density at radius 3 is 1.73 bits per heavy atom. The van der Waals surface area contributed by atoms with Crippen LogP contribution in [0, 0.1) is 17.8 Å². The predicted octanol–water partition coefficient (Wildman–Crippen LogP) is 8.31. The lowest BCUT2D eigenvalue weighted by Gasteiger charge is -2.32. The van der Waals surface area contributed by atoms with E-state index >= 15 is 0 Å². The molecule has 154 valence electrons. The van der Waals surface area contributed by atoms with Gasteiger partial charge in [0.05, 0.1) is 6.10 Å². The zero-order valence-corrected chi connectivity index (χ0v) is 18.2. The number of hydrogen-bond acceptors (Lipinski definition) is 1. The summed E-state index contributed by atoms with van der Waals surface area (Å²) in [4.78, 5) is 0. The molecule has 0 unspecified atom stereocenters. The van der Waals surface area contributed by atoms with E-state index < -0.39 is 0 Å². The minimum absolute atomic E-state index is 0.591. The van der Waals surface area contributed by atoms with Gasteiger partial charge in [0, 0.05) is 6.61 Å². The molecular formula is C25H48O. The van der Waals surface area contributed by atoms with Crippen molar-refractivity contribution >= 4 is 0 Å². The Morgan fingerprint density at radius 2 is 1.08 bits per heavy atom. The molecule has 0 aliphatic heterocycles. The van der Waals surface area contributed by atoms with Crippen molar-refractivity contribution in [2.24, 2.45) is 17.8 Å². The van der Waals surface area contributed by atoms with Crippen molar-refractivity contribution in [3.63, 3.8) is 0 Å². The molecule has 2 fully saturated rings. The van der Waals surface area contributed by atoms with Crippen LogP contribution in [0.2, 0.25) is 0 Å². The van der Waals surface area contributed by atoms with Crippen LogP contribution in [0.5, 0.6) is 0 Å². The van der Waals surface area contributed by atoms with Gasteiger partial charge in [-0.2, -0.15) is 0 Å². The quantitative estimate of drug-likeness (QED) is 0.298. The highest BCUT2D eigenvalue weighted by Crippen LogP contribution is 2.34. The van der Waals surface area contributed by atoms with Gasteiger partial charge in [-0.05, 0) is 56.3 Å². The molecule has 0 amide bonds. The average molecular weight is 365 g/mol. The fraction of sp³-hybridized carbons (Fsp3) is 1.00. The van der Waals surface area contributed by atoms with Crippen LogP contribution in [0.15, 0.2) is 0 Å². The molecule has 0 radical (unpaired) electrons. The van der Waals surface area contributed by atoms with Gasteiger partial charge in [-0.15, -0.1) is 0 Å². The SMILES string of the molecule is CCCCCCCCC[C@H]1CC[C@H](OC[C@H]2CC[C@H](CCC)CC2)CC1. The van der Waals surface area contributed by atoms with Crippen molar-refractivity contribution in [2.75, 3.05) is 6.61 Å². The molecule has 2 saturated carbocycles. The highest BCUT2D eigenvalue weighted by Gasteiger charge is 2.24. The Bertz CT molecular complexity index is 310. The number of hydrogen-bond donors (Lipinski definition) is 0. The minimum Gasteiger partial charge on any atom is -0.378 e. The summed E-state index contributed by atoms with van der Waals surface area (Å²) in [5.74, 6) is 2.90. The van der Waals surface area contributed by atoms with E-state index in [-0.39, 0.29) is 0 Å². The van der Waals surface area contributed by atoms with E-state index in [1.54, 1.807) is 0 Å². The molecule has 2 aliphatic carbocycles. The summed E-state index contributed by atoms with van der Waals surface area (Å²) in [6.07, 6.45) is 26.4. The first-order valence-electron chi connectivity index (χ1n) is 12.4. The molecule has 0 aromatic carbocycles. The van der Waals surface area contributed by atoms with Crippen LogP contribution in [-0.2, 0) is 4.74 Å². The Morgan fingerprint density at radius 1 is 0.538 bits per heavy atom. The standard InChI is InChI=1S/C25H48O/c1-3-5-6-7-8-9-10-12-23-17-19-25(20-18-23)26-21-24-15-13-22(11-4-2)14-16-24/h22-25H,3-21H2,1-2H3/t22-,23-,24-,25-. The van der Waals surface area contributed by atoms with Gasteiger partial charge in [0.2, 0.25) is 0 Å². The zero-order valence-electron chi connectivity index (χ0n) is 18.2. The summed E-state index contributed by atoms with van der Waals surface area (Å²) < 4.78 is 6.35. The summed E-state index contributed by atoms with van der Waals surface area (Å²) in [5.41, 5.74) is 0. The summed E-state index contributed by atoms with van der Waals surface area (Å²) in [7, 11) is 0. The molecule has 0 bridgehead atoms. The van der Waals surface area contributed by atoms with Crippen LogP contribution < -0.4 is 0 Å². The molecule has 1 nitrogen and oxygen atoms in total. The van der Waals surface area contributed by atoms with Crippen molar-refractivity contribution in [2.45, 2.75) is 136 Å². The minimum atomic E-state index is 0.591. The largest absolute Gasteiger partial charge is 0.378 e. The fourth-order valence-electron chi connectivity index (χ4n) is 5.34. The first kappa shape index (κ1) is 22.3. The summed E-state index contributed by atoms with van der Waals surface area (Å²) >= 11 is 0. The Labute approximate surface area is 165 Å². The fourth-order valence-corrected chi connectivity index (χ4v) is 5.34. The monoisotopic (exact) mass is 364 g/mol. The van der Waals surface area contributed by atoms with E-state index in [4.69, 9.17) is 4.74 Å². The van der Waals surface area contributed by atoms with Crippen LogP contribution in [-0.4, -0.2) is 12.7 Å². The van der Waals surface area contributed by atoms with E-state index in [9.17, 15) is 0 Å². The van der Waals surface area contributed by atoms with E-state index in [0.29, 0.717) is 6.10 Å². The molecule has 2 aliphatic rings. The second kappa shape index (κ2) is 14.0. The van der Waals surface area contributed by atoms with Gasteiger partial charge < -0.3 is 4.74 Å². The van der Waals surface area contributed by atoms with Crippen LogP contribution in [0.4, 0.5) is 0 Å². The van der Waals surface area contributed by atoms with Crippen molar-refractivity contribution in [3.8, 4) is 0 Å². The van der Waals surface area contributed by atoms with Crippen LogP contribution in [0.25, 0.3) is 0 Å². The van der Waals surface area contributed by atoms with Crippen LogP contribution in [0.1, 0.15) is 129 Å². The van der Waals surface area contributed by atoms with Crippen molar-refractivity contribution in [1.29, 1.82) is 0 Å². The van der Waals surface area contributed by atoms with Gasteiger partial charge in [-0.3, -0.25) is 0 Å². The molecule has 0 heterocycles. The predicted molar refractivity (Wildman–Crippen MR) is 115 cm³/mol. The first-order chi connectivity index (χ1) is 12.8. The van der Waals surface area contributed by atoms with Gasteiger partial charge in [-0.25, -0.2) is 0 Å². The first-order valence-corrected chi connectivity index (χ1v) is 12.4. The van der Waals surface area contributed by atoms with Crippen molar-refractivity contribution < 1.29 is 4.74 Å². The second-order valence-corrected chi connectivity index (χ2v) is 9.56. The third-order valence-corrected chi connectivity index (χ3v) is 7.24. The Hall–Kier alpha value is -0.0400. The van der Waals surface area contributed by atoms with Crippen molar-refractivity contribution in [3.05, 3.63) is 0 Å². The van der Waals surface area contributed by atoms with Gasteiger partial charge in [-0.1, -0.05) is 90.9 Å². The van der Waals surface area contributed by atoms with Crippen LogP contribution in [0.3, 0.4) is 0 Å². The van der Waals surface area contributed by atoms with Gasteiger partial charge in [0.1, 0.15) is 0 Å². The molecule has 0 aromatic heterocycles. The molecule has 0 spiro atoms.